The number of benzene rings is 1. The van der Waals surface area contributed by atoms with Gasteiger partial charge in [0.15, 0.2) is 0 Å². The Balaban J connectivity index is 1.86. The van der Waals surface area contributed by atoms with Gasteiger partial charge in [0, 0.05) is 24.8 Å². The van der Waals surface area contributed by atoms with Crippen molar-refractivity contribution in [2.75, 3.05) is 24.5 Å². The molecule has 0 spiro atoms. The number of nitrogens with one attached hydrogen (secondary N) is 1. The predicted octanol–water partition coefficient (Wildman–Crippen LogP) is 1.94. The van der Waals surface area contributed by atoms with Gasteiger partial charge in [-0.3, -0.25) is 0 Å². The number of nitrogens with zero attached hydrogens (tertiary/aromatic N) is 1. The normalized spacial score (nSPS) is 24.6. The molecule has 2 heterocycles. The molecule has 0 saturated carbocycles. The number of hydrogen-bond donors (Lipinski definition) is 1. The monoisotopic (exact) mass is 220 g/mol. The molecule has 1 atom stereocenters. The van der Waals surface area contributed by atoms with Crippen molar-refractivity contribution in [2.45, 2.75) is 25.3 Å². The topological polar surface area (TPSA) is 15.3 Å². The molecule has 2 nitrogen and oxygen atoms in total. The summed E-state index contributed by atoms with van der Waals surface area (Å²) in [5, 5.41) is 3.42. The summed E-state index contributed by atoms with van der Waals surface area (Å²) in [6, 6.07) is 5.75. The van der Waals surface area contributed by atoms with Crippen molar-refractivity contribution in [3.05, 3.63) is 29.6 Å². The predicted molar refractivity (Wildman–Crippen MR) is 63.3 cm³/mol. The first-order chi connectivity index (χ1) is 7.84. The lowest BCUT2D eigenvalue weighted by Gasteiger charge is -2.33. The number of fused-ring (bicyclic) bond motifs is 1. The van der Waals surface area contributed by atoms with Crippen molar-refractivity contribution in [3.8, 4) is 0 Å². The van der Waals surface area contributed by atoms with Crippen molar-refractivity contribution in [1.29, 1.82) is 0 Å². The van der Waals surface area contributed by atoms with Crippen molar-refractivity contribution in [2.24, 2.45) is 0 Å². The van der Waals surface area contributed by atoms with Gasteiger partial charge in [0.05, 0.1) is 0 Å². The van der Waals surface area contributed by atoms with Gasteiger partial charge in [0.2, 0.25) is 0 Å². The molecule has 0 aliphatic carbocycles. The molecule has 2 aliphatic rings. The second kappa shape index (κ2) is 4.06. The van der Waals surface area contributed by atoms with Crippen LogP contribution in [0.2, 0.25) is 0 Å². The van der Waals surface area contributed by atoms with Crippen molar-refractivity contribution >= 4 is 5.69 Å². The number of piperidine rings is 1. The van der Waals surface area contributed by atoms with Crippen LogP contribution in [0.3, 0.4) is 0 Å². The van der Waals surface area contributed by atoms with E-state index in [0.29, 0.717) is 6.04 Å². The van der Waals surface area contributed by atoms with Crippen LogP contribution in [-0.4, -0.2) is 25.7 Å². The van der Waals surface area contributed by atoms with E-state index >= 15 is 0 Å². The zero-order valence-corrected chi connectivity index (χ0v) is 9.38. The fourth-order valence-corrected chi connectivity index (χ4v) is 2.86. The summed E-state index contributed by atoms with van der Waals surface area (Å²) in [6.45, 7) is 3.21. The molecule has 16 heavy (non-hydrogen) atoms. The van der Waals surface area contributed by atoms with Crippen molar-refractivity contribution in [3.63, 3.8) is 0 Å². The number of anilines is 1. The molecule has 0 radical (unpaired) electrons. The molecular weight excluding hydrogens is 203 g/mol. The molecule has 0 amide bonds. The number of rotatable bonds is 1. The zero-order valence-electron chi connectivity index (χ0n) is 9.38. The van der Waals surface area contributed by atoms with E-state index in [1.54, 1.807) is 12.1 Å². The van der Waals surface area contributed by atoms with E-state index in [1.807, 2.05) is 6.07 Å². The second-order valence-electron chi connectivity index (χ2n) is 4.72. The first-order valence-electron chi connectivity index (χ1n) is 6.10. The lowest BCUT2D eigenvalue weighted by atomic mass is 10.1. The lowest BCUT2D eigenvalue weighted by Crippen LogP contribution is -2.45. The van der Waals surface area contributed by atoms with E-state index in [0.717, 1.165) is 31.7 Å². The summed E-state index contributed by atoms with van der Waals surface area (Å²) in [4.78, 5) is 2.38. The highest BCUT2D eigenvalue weighted by Gasteiger charge is 2.27. The average molecular weight is 220 g/mol. The highest BCUT2D eigenvalue weighted by molar-refractivity contribution is 5.59. The molecule has 2 aliphatic heterocycles. The molecule has 1 aromatic rings. The summed E-state index contributed by atoms with van der Waals surface area (Å²) >= 11 is 0. The van der Waals surface area contributed by atoms with E-state index in [2.05, 4.69) is 10.2 Å². The minimum atomic E-state index is -0.116. The summed E-state index contributed by atoms with van der Waals surface area (Å²) in [6.07, 6.45) is 3.51. The molecule has 0 bridgehead atoms. The molecule has 1 aromatic carbocycles. The Kier molecular flexibility index (Phi) is 2.56. The minimum absolute atomic E-state index is 0.116. The summed E-state index contributed by atoms with van der Waals surface area (Å²) in [5.41, 5.74) is 2.42. The van der Waals surface area contributed by atoms with Crippen LogP contribution in [0, 0.1) is 5.82 Å². The maximum atomic E-state index is 13.3. The van der Waals surface area contributed by atoms with E-state index in [9.17, 15) is 4.39 Å². The first-order valence-corrected chi connectivity index (χ1v) is 6.10. The molecular formula is C13H17FN2. The van der Waals surface area contributed by atoms with Crippen LogP contribution in [-0.2, 0) is 6.42 Å². The van der Waals surface area contributed by atoms with Gasteiger partial charge in [-0.1, -0.05) is 6.07 Å². The van der Waals surface area contributed by atoms with Crippen LogP contribution < -0.4 is 10.2 Å². The van der Waals surface area contributed by atoms with Crippen molar-refractivity contribution in [1.82, 2.24) is 5.32 Å². The average Bonchev–Trinajstić information content (AvgIpc) is 2.73. The Hall–Kier alpha value is -1.09. The lowest BCUT2D eigenvalue weighted by molar-refractivity contribution is 0.437. The van der Waals surface area contributed by atoms with Crippen LogP contribution in [0.25, 0.3) is 0 Å². The van der Waals surface area contributed by atoms with Gasteiger partial charge in [-0.25, -0.2) is 4.39 Å². The maximum absolute atomic E-state index is 13.3. The Morgan fingerprint density at radius 2 is 2.31 bits per heavy atom. The fraction of sp³-hybridized carbons (Fsp3) is 0.538. The minimum Gasteiger partial charge on any atom is -0.367 e. The van der Waals surface area contributed by atoms with Gasteiger partial charge in [0.25, 0.3) is 0 Å². The molecule has 1 N–H and O–H groups in total. The SMILES string of the molecule is Fc1ccc2c(c1)N(C1CCCNC1)CC2. The van der Waals surface area contributed by atoms with E-state index in [1.165, 1.54) is 18.4 Å². The van der Waals surface area contributed by atoms with Gasteiger partial charge >= 0.3 is 0 Å². The molecule has 86 valence electrons. The second-order valence-corrected chi connectivity index (χ2v) is 4.72. The van der Waals surface area contributed by atoms with Gasteiger partial charge in [-0.2, -0.15) is 0 Å². The maximum Gasteiger partial charge on any atom is 0.125 e. The van der Waals surface area contributed by atoms with Crippen LogP contribution in [0.1, 0.15) is 18.4 Å². The molecule has 3 rings (SSSR count). The highest BCUT2D eigenvalue weighted by Crippen LogP contribution is 2.31. The summed E-state index contributed by atoms with van der Waals surface area (Å²) in [5.74, 6) is -0.116. The molecule has 1 fully saturated rings. The van der Waals surface area contributed by atoms with Crippen molar-refractivity contribution < 1.29 is 4.39 Å². The van der Waals surface area contributed by atoms with E-state index in [-0.39, 0.29) is 5.82 Å². The smallest absolute Gasteiger partial charge is 0.125 e. The van der Waals surface area contributed by atoms with Gasteiger partial charge in [0.1, 0.15) is 5.82 Å². The highest BCUT2D eigenvalue weighted by atomic mass is 19.1. The Labute approximate surface area is 95.4 Å². The standard InChI is InChI=1S/C13H17FN2/c14-11-4-3-10-5-7-16(13(10)8-11)12-2-1-6-15-9-12/h3-4,8,12,15H,1-2,5-7,9H2. The summed E-state index contributed by atoms with van der Waals surface area (Å²) in [7, 11) is 0. The number of halogens is 1. The van der Waals surface area contributed by atoms with Crippen LogP contribution in [0.4, 0.5) is 10.1 Å². The largest absolute Gasteiger partial charge is 0.367 e. The quantitative estimate of drug-likeness (QED) is 0.778. The number of hydrogen-bond acceptors (Lipinski definition) is 2. The third-order valence-corrected chi connectivity index (χ3v) is 3.69. The van der Waals surface area contributed by atoms with Crippen LogP contribution in [0.15, 0.2) is 18.2 Å². The molecule has 0 aromatic heterocycles. The van der Waals surface area contributed by atoms with Gasteiger partial charge in [-0.05, 0) is 43.5 Å². The van der Waals surface area contributed by atoms with Crippen LogP contribution in [0.5, 0.6) is 0 Å². The first kappa shape index (κ1) is 10.1. The fourth-order valence-electron chi connectivity index (χ4n) is 2.86. The van der Waals surface area contributed by atoms with Crippen LogP contribution >= 0.6 is 0 Å². The summed E-state index contributed by atoms with van der Waals surface area (Å²) < 4.78 is 13.3. The zero-order chi connectivity index (χ0) is 11.0. The molecule has 1 saturated heterocycles. The van der Waals surface area contributed by atoms with E-state index in [4.69, 9.17) is 0 Å². The molecule has 1 unspecified atom stereocenters. The third kappa shape index (κ3) is 1.69. The Morgan fingerprint density at radius 3 is 3.12 bits per heavy atom. The Bertz CT molecular complexity index is 386. The van der Waals surface area contributed by atoms with E-state index < -0.39 is 0 Å². The van der Waals surface area contributed by atoms with Gasteiger partial charge < -0.3 is 10.2 Å². The third-order valence-electron chi connectivity index (χ3n) is 3.69. The Morgan fingerprint density at radius 1 is 1.38 bits per heavy atom. The van der Waals surface area contributed by atoms with Gasteiger partial charge in [-0.15, -0.1) is 0 Å². The molecule has 3 heteroatoms.